The molecular formula is C23H24F2N4O. The fourth-order valence-electron chi connectivity index (χ4n) is 3.88. The van der Waals surface area contributed by atoms with Gasteiger partial charge in [0.25, 0.3) is 0 Å². The van der Waals surface area contributed by atoms with Crippen molar-refractivity contribution in [2.45, 2.75) is 19.9 Å². The van der Waals surface area contributed by atoms with Gasteiger partial charge in [0.1, 0.15) is 11.5 Å². The topological polar surface area (TPSA) is 41.4 Å². The number of carbonyl (C=O) groups excluding carboxylic acids is 1. The first-order chi connectivity index (χ1) is 14.5. The molecule has 3 aromatic rings. The Bertz CT molecular complexity index is 1050. The highest BCUT2D eigenvalue weighted by atomic mass is 19.1. The van der Waals surface area contributed by atoms with Crippen molar-refractivity contribution in [3.63, 3.8) is 0 Å². The van der Waals surface area contributed by atoms with Crippen LogP contribution in [-0.2, 0) is 11.3 Å². The monoisotopic (exact) mass is 410 g/mol. The van der Waals surface area contributed by atoms with Crippen LogP contribution in [0.1, 0.15) is 17.5 Å². The van der Waals surface area contributed by atoms with Gasteiger partial charge in [0.2, 0.25) is 6.41 Å². The van der Waals surface area contributed by atoms with E-state index in [4.69, 9.17) is 0 Å². The van der Waals surface area contributed by atoms with E-state index in [0.717, 1.165) is 60.9 Å². The maximum atomic E-state index is 14.4. The van der Waals surface area contributed by atoms with Gasteiger partial charge in [0.05, 0.1) is 5.69 Å². The molecule has 1 aromatic heterocycles. The highest BCUT2D eigenvalue weighted by molar-refractivity contribution is 5.67. The van der Waals surface area contributed by atoms with Crippen molar-refractivity contribution >= 4 is 6.41 Å². The molecule has 0 aliphatic carbocycles. The fourth-order valence-corrected chi connectivity index (χ4v) is 3.88. The second-order valence-electron chi connectivity index (χ2n) is 7.63. The molecule has 4 rings (SSSR count). The minimum atomic E-state index is -0.656. The summed E-state index contributed by atoms with van der Waals surface area (Å²) in [4.78, 5) is 15.2. The third-order valence-electron chi connectivity index (χ3n) is 5.51. The summed E-state index contributed by atoms with van der Waals surface area (Å²) in [5.41, 5.74) is 4.02. The van der Waals surface area contributed by atoms with Crippen LogP contribution in [0.4, 0.5) is 8.78 Å². The van der Waals surface area contributed by atoms with Crippen LogP contribution < -0.4 is 0 Å². The molecule has 1 fully saturated rings. The zero-order valence-electron chi connectivity index (χ0n) is 16.9. The number of aromatic nitrogens is 2. The van der Waals surface area contributed by atoms with Crippen LogP contribution in [0.3, 0.4) is 0 Å². The number of nitrogens with zero attached hydrogens (tertiary/aromatic N) is 4. The van der Waals surface area contributed by atoms with E-state index in [2.05, 4.69) is 10.00 Å². The maximum Gasteiger partial charge on any atom is 0.209 e. The Kier molecular flexibility index (Phi) is 5.90. The molecule has 156 valence electrons. The van der Waals surface area contributed by atoms with Crippen molar-refractivity contribution in [2.24, 2.45) is 0 Å². The summed E-state index contributed by atoms with van der Waals surface area (Å²) in [7, 11) is 0. The highest BCUT2D eigenvalue weighted by Crippen LogP contribution is 2.28. The lowest BCUT2D eigenvalue weighted by Gasteiger charge is -2.20. The summed E-state index contributed by atoms with van der Waals surface area (Å²) in [6, 6.07) is 11.4. The molecule has 5 nitrogen and oxygen atoms in total. The summed E-state index contributed by atoms with van der Waals surface area (Å²) in [6.07, 6.45) is 3.62. The van der Waals surface area contributed by atoms with Gasteiger partial charge >= 0.3 is 0 Å². The quantitative estimate of drug-likeness (QED) is 0.601. The van der Waals surface area contributed by atoms with Crippen LogP contribution in [-0.4, -0.2) is 52.2 Å². The number of hydrogen-bond donors (Lipinski definition) is 0. The molecule has 2 heterocycles. The Morgan fingerprint density at radius 3 is 2.67 bits per heavy atom. The van der Waals surface area contributed by atoms with Crippen molar-refractivity contribution in [3.8, 4) is 16.9 Å². The average Bonchev–Trinajstić information content (AvgIpc) is 2.99. The molecule has 0 spiro atoms. The number of rotatable bonds is 5. The average molecular weight is 410 g/mol. The maximum absolute atomic E-state index is 14.4. The highest BCUT2D eigenvalue weighted by Gasteiger charge is 2.20. The molecule has 0 N–H and O–H groups in total. The van der Waals surface area contributed by atoms with Crippen molar-refractivity contribution in [1.29, 1.82) is 0 Å². The van der Waals surface area contributed by atoms with Gasteiger partial charge in [-0.1, -0.05) is 24.3 Å². The Labute approximate surface area is 174 Å². The lowest BCUT2D eigenvalue weighted by atomic mass is 10.0. The lowest BCUT2D eigenvalue weighted by molar-refractivity contribution is -0.118. The summed E-state index contributed by atoms with van der Waals surface area (Å²) in [5.74, 6) is -1.27. The number of carbonyl (C=O) groups is 1. The van der Waals surface area contributed by atoms with E-state index in [1.165, 1.54) is 16.8 Å². The first-order valence-corrected chi connectivity index (χ1v) is 10.1. The van der Waals surface area contributed by atoms with Gasteiger partial charge < -0.3 is 4.90 Å². The van der Waals surface area contributed by atoms with Crippen molar-refractivity contribution in [3.05, 3.63) is 71.4 Å². The van der Waals surface area contributed by atoms with Gasteiger partial charge in [-0.05, 0) is 31.0 Å². The van der Waals surface area contributed by atoms with Gasteiger partial charge in [-0.15, -0.1) is 0 Å². The van der Waals surface area contributed by atoms with Gasteiger partial charge in [-0.3, -0.25) is 9.69 Å². The molecule has 0 bridgehead atoms. The fraction of sp³-hybridized carbons (Fsp3) is 0.304. The number of aryl methyl sites for hydroxylation is 1. The van der Waals surface area contributed by atoms with Crippen LogP contribution in [0, 0.1) is 18.6 Å². The van der Waals surface area contributed by atoms with E-state index in [9.17, 15) is 13.6 Å². The van der Waals surface area contributed by atoms with Gasteiger partial charge in [-0.2, -0.15) is 5.10 Å². The SMILES string of the molecule is Cc1ccccc1-c1nn(-c2ccc(F)cc2F)cc1CN1CCCN(C=O)CC1. The molecule has 30 heavy (non-hydrogen) atoms. The van der Waals surface area contributed by atoms with Crippen LogP contribution >= 0.6 is 0 Å². The second-order valence-corrected chi connectivity index (χ2v) is 7.63. The standard InChI is InChI=1S/C23H24F2N4O/c1-17-5-2-3-6-20(17)23-18(14-27-9-4-10-28(16-30)12-11-27)15-29(26-23)22-8-7-19(24)13-21(22)25/h2-3,5-8,13,15-16H,4,9-12,14H2,1H3. The van der Waals surface area contributed by atoms with Crippen LogP contribution in [0.15, 0.2) is 48.7 Å². The van der Waals surface area contributed by atoms with E-state index in [1.807, 2.05) is 37.4 Å². The minimum Gasteiger partial charge on any atom is -0.344 e. The molecular weight excluding hydrogens is 386 g/mol. The van der Waals surface area contributed by atoms with Crippen molar-refractivity contribution < 1.29 is 13.6 Å². The molecule has 2 aromatic carbocycles. The van der Waals surface area contributed by atoms with Gasteiger partial charge in [0.15, 0.2) is 5.82 Å². The number of amides is 1. The molecule has 1 aliphatic heterocycles. The molecule has 7 heteroatoms. The van der Waals surface area contributed by atoms with Gasteiger partial charge in [-0.25, -0.2) is 13.5 Å². The number of benzene rings is 2. The number of hydrogen-bond acceptors (Lipinski definition) is 3. The summed E-state index contributed by atoms with van der Waals surface area (Å²) >= 11 is 0. The third kappa shape index (κ3) is 4.26. The van der Waals surface area contributed by atoms with E-state index in [0.29, 0.717) is 13.1 Å². The zero-order chi connectivity index (χ0) is 21.1. The smallest absolute Gasteiger partial charge is 0.209 e. The second kappa shape index (κ2) is 8.75. The van der Waals surface area contributed by atoms with Gasteiger partial charge in [0, 0.05) is 56.1 Å². The predicted octanol–water partition coefficient (Wildman–Crippen LogP) is 3.79. The molecule has 0 atom stereocenters. The molecule has 0 unspecified atom stereocenters. The third-order valence-corrected chi connectivity index (χ3v) is 5.51. The summed E-state index contributed by atoms with van der Waals surface area (Å²) in [5, 5.41) is 4.68. The molecule has 0 saturated carbocycles. The Morgan fingerprint density at radius 2 is 1.90 bits per heavy atom. The van der Waals surface area contributed by atoms with E-state index < -0.39 is 11.6 Å². The van der Waals surface area contributed by atoms with Crippen molar-refractivity contribution in [1.82, 2.24) is 19.6 Å². The summed E-state index contributed by atoms with van der Waals surface area (Å²) < 4.78 is 29.3. The summed E-state index contributed by atoms with van der Waals surface area (Å²) in [6.45, 7) is 5.73. The zero-order valence-corrected chi connectivity index (χ0v) is 16.9. The Morgan fingerprint density at radius 1 is 1.07 bits per heavy atom. The van der Waals surface area contributed by atoms with E-state index >= 15 is 0 Å². The molecule has 1 amide bonds. The minimum absolute atomic E-state index is 0.209. The van der Waals surface area contributed by atoms with E-state index in [-0.39, 0.29) is 5.69 Å². The normalized spacial score (nSPS) is 15.2. The first-order valence-electron chi connectivity index (χ1n) is 10.1. The molecule has 1 saturated heterocycles. The molecule has 1 aliphatic rings. The van der Waals surface area contributed by atoms with Crippen LogP contribution in [0.25, 0.3) is 16.9 Å². The largest absolute Gasteiger partial charge is 0.344 e. The Hall–Kier alpha value is -3.06. The van der Waals surface area contributed by atoms with Crippen LogP contribution in [0.5, 0.6) is 0 Å². The van der Waals surface area contributed by atoms with Crippen molar-refractivity contribution in [2.75, 3.05) is 26.2 Å². The first kappa shape index (κ1) is 20.2. The number of halogens is 2. The van der Waals surface area contributed by atoms with E-state index in [1.54, 1.807) is 4.90 Å². The predicted molar refractivity (Wildman–Crippen MR) is 111 cm³/mol. The Balaban J connectivity index is 1.71. The van der Waals surface area contributed by atoms with Crippen LogP contribution in [0.2, 0.25) is 0 Å². The molecule has 0 radical (unpaired) electrons. The lowest BCUT2D eigenvalue weighted by Crippen LogP contribution is -2.29.